The highest BCUT2D eigenvalue weighted by molar-refractivity contribution is 7.89. The minimum Gasteiger partial charge on any atom is -0.342 e. The maximum atomic E-state index is 12.5. The summed E-state index contributed by atoms with van der Waals surface area (Å²) in [5, 5.41) is 3.17. The number of rotatable bonds is 9. The minimum absolute atomic E-state index is 0. The maximum absolute atomic E-state index is 12.5. The normalized spacial score (nSPS) is 17.2. The van der Waals surface area contributed by atoms with Gasteiger partial charge in [0.1, 0.15) is 0 Å². The molecule has 1 amide bonds. The fraction of sp³-hybridized carbons (Fsp3) is 0.632. The molecule has 1 N–H and O–H groups in total. The van der Waals surface area contributed by atoms with Crippen molar-refractivity contribution < 1.29 is 13.2 Å². The Bertz CT molecular complexity index is 691. The van der Waals surface area contributed by atoms with Crippen LogP contribution in [0.2, 0.25) is 0 Å². The number of benzene rings is 1. The van der Waals surface area contributed by atoms with Gasteiger partial charge >= 0.3 is 0 Å². The van der Waals surface area contributed by atoms with Crippen LogP contribution < -0.4 is 5.32 Å². The SMILES string of the molecule is CCN(CC)S(=O)(=O)c1ccc(CCC(=O)N2CCC(CNC)C2)cc1.Cl. The summed E-state index contributed by atoms with van der Waals surface area (Å²) in [6.45, 7) is 7.21. The van der Waals surface area contributed by atoms with Crippen molar-refractivity contribution in [3.63, 3.8) is 0 Å². The lowest BCUT2D eigenvalue weighted by Crippen LogP contribution is -2.30. The molecule has 1 aromatic carbocycles. The van der Waals surface area contributed by atoms with Crippen molar-refractivity contribution in [3.8, 4) is 0 Å². The number of amides is 1. The Morgan fingerprint density at radius 1 is 1.22 bits per heavy atom. The highest BCUT2D eigenvalue weighted by Gasteiger charge is 2.25. The summed E-state index contributed by atoms with van der Waals surface area (Å²) in [5.74, 6) is 0.733. The first-order valence-corrected chi connectivity index (χ1v) is 10.9. The number of carbonyl (C=O) groups excluding carboxylic acids is 1. The summed E-state index contributed by atoms with van der Waals surface area (Å²) < 4.78 is 26.4. The average Bonchev–Trinajstić information content (AvgIpc) is 3.10. The predicted octanol–water partition coefficient (Wildman–Crippen LogP) is 2.14. The van der Waals surface area contributed by atoms with Crippen molar-refractivity contribution in [1.82, 2.24) is 14.5 Å². The Balaban J connectivity index is 0.00000364. The Morgan fingerprint density at radius 2 is 1.85 bits per heavy atom. The molecular weight excluding hydrogens is 386 g/mol. The van der Waals surface area contributed by atoms with Gasteiger partial charge in [-0.05, 0) is 50.0 Å². The zero-order valence-corrected chi connectivity index (χ0v) is 18.1. The Kier molecular flexibility index (Phi) is 9.73. The summed E-state index contributed by atoms with van der Waals surface area (Å²) in [6, 6.07) is 6.92. The zero-order chi connectivity index (χ0) is 19.2. The number of halogens is 1. The molecular formula is C19H32ClN3O3S. The fourth-order valence-corrected chi connectivity index (χ4v) is 4.92. The summed E-state index contributed by atoms with van der Waals surface area (Å²) in [6.07, 6.45) is 2.16. The Morgan fingerprint density at radius 3 is 2.41 bits per heavy atom. The molecule has 0 bridgehead atoms. The molecule has 1 fully saturated rings. The van der Waals surface area contributed by atoms with Crippen LogP contribution in [0.1, 0.15) is 32.3 Å². The second-order valence-corrected chi connectivity index (χ2v) is 8.72. The number of nitrogens with zero attached hydrogens (tertiary/aromatic N) is 2. The van der Waals surface area contributed by atoms with E-state index in [1.807, 2.05) is 37.9 Å². The van der Waals surface area contributed by atoms with Gasteiger partial charge in [-0.3, -0.25) is 4.79 Å². The summed E-state index contributed by atoms with van der Waals surface area (Å²) in [7, 11) is -1.48. The van der Waals surface area contributed by atoms with Gasteiger partial charge in [0.2, 0.25) is 15.9 Å². The van der Waals surface area contributed by atoms with Crippen molar-refractivity contribution in [2.75, 3.05) is 39.8 Å². The number of likely N-dealkylation sites (tertiary alicyclic amines) is 1. The Hall–Kier alpha value is -1.15. The van der Waals surface area contributed by atoms with Crippen LogP contribution in [0.25, 0.3) is 0 Å². The monoisotopic (exact) mass is 417 g/mol. The summed E-state index contributed by atoms with van der Waals surface area (Å²) in [4.78, 5) is 14.6. The van der Waals surface area contributed by atoms with Gasteiger partial charge in [0, 0.05) is 32.6 Å². The number of hydrogen-bond acceptors (Lipinski definition) is 4. The first kappa shape index (κ1) is 23.9. The van der Waals surface area contributed by atoms with Crippen LogP contribution in [0, 0.1) is 5.92 Å². The standard InChI is InChI=1S/C19H31N3O3S.ClH/c1-4-22(5-2)26(24,25)18-9-6-16(7-10-18)8-11-19(23)21-13-12-17(15-21)14-20-3;/h6-7,9-10,17,20H,4-5,8,11-15H2,1-3H3;1H. The van der Waals surface area contributed by atoms with Crippen LogP contribution in [0.15, 0.2) is 29.2 Å². The van der Waals surface area contributed by atoms with Gasteiger partial charge in [-0.2, -0.15) is 4.31 Å². The molecule has 154 valence electrons. The molecule has 0 aliphatic carbocycles. The highest BCUT2D eigenvalue weighted by atomic mass is 35.5. The van der Waals surface area contributed by atoms with Gasteiger partial charge in [-0.25, -0.2) is 8.42 Å². The lowest BCUT2D eigenvalue weighted by Gasteiger charge is -2.18. The van der Waals surface area contributed by atoms with Crippen molar-refractivity contribution in [2.24, 2.45) is 5.92 Å². The number of hydrogen-bond donors (Lipinski definition) is 1. The van der Waals surface area contributed by atoms with Crippen LogP contribution in [0.3, 0.4) is 0 Å². The van der Waals surface area contributed by atoms with E-state index in [1.165, 1.54) is 4.31 Å². The van der Waals surface area contributed by atoms with Crippen molar-refractivity contribution in [3.05, 3.63) is 29.8 Å². The number of sulfonamides is 1. The maximum Gasteiger partial charge on any atom is 0.243 e. The quantitative estimate of drug-likeness (QED) is 0.668. The third kappa shape index (κ3) is 6.17. The van der Waals surface area contributed by atoms with Gasteiger partial charge in [0.25, 0.3) is 0 Å². The second-order valence-electron chi connectivity index (χ2n) is 6.79. The molecule has 1 aliphatic heterocycles. The summed E-state index contributed by atoms with van der Waals surface area (Å²) >= 11 is 0. The molecule has 0 spiro atoms. The van der Waals surface area contributed by atoms with Crippen LogP contribution in [0.4, 0.5) is 0 Å². The van der Waals surface area contributed by atoms with Crippen LogP contribution in [-0.4, -0.2) is 63.3 Å². The van der Waals surface area contributed by atoms with Gasteiger partial charge < -0.3 is 10.2 Å². The van der Waals surface area contributed by atoms with E-state index in [0.29, 0.717) is 36.7 Å². The van der Waals surface area contributed by atoms with E-state index in [4.69, 9.17) is 0 Å². The number of aryl methyl sites for hydroxylation is 1. The molecule has 1 unspecified atom stereocenters. The molecule has 0 aromatic heterocycles. The van der Waals surface area contributed by atoms with Crippen molar-refractivity contribution >= 4 is 28.3 Å². The second kappa shape index (κ2) is 11.0. The van der Waals surface area contributed by atoms with Gasteiger partial charge in [-0.1, -0.05) is 26.0 Å². The largest absolute Gasteiger partial charge is 0.342 e. The molecule has 1 atom stereocenters. The molecule has 8 heteroatoms. The van der Waals surface area contributed by atoms with E-state index in [-0.39, 0.29) is 18.3 Å². The van der Waals surface area contributed by atoms with Gasteiger partial charge in [0.15, 0.2) is 0 Å². The number of carbonyl (C=O) groups is 1. The zero-order valence-electron chi connectivity index (χ0n) is 16.5. The van der Waals surface area contributed by atoms with Crippen molar-refractivity contribution in [1.29, 1.82) is 0 Å². The molecule has 1 aliphatic rings. The van der Waals surface area contributed by atoms with Crippen LogP contribution >= 0.6 is 12.4 Å². The summed E-state index contributed by atoms with van der Waals surface area (Å²) in [5.41, 5.74) is 0.989. The highest BCUT2D eigenvalue weighted by Crippen LogP contribution is 2.19. The lowest BCUT2D eigenvalue weighted by atomic mass is 10.1. The van der Waals surface area contributed by atoms with Crippen LogP contribution in [-0.2, 0) is 21.2 Å². The van der Waals surface area contributed by atoms with E-state index in [2.05, 4.69) is 5.32 Å². The topological polar surface area (TPSA) is 69.7 Å². The van der Waals surface area contributed by atoms with E-state index in [1.54, 1.807) is 12.1 Å². The van der Waals surface area contributed by atoms with E-state index < -0.39 is 10.0 Å². The van der Waals surface area contributed by atoms with E-state index in [9.17, 15) is 13.2 Å². The van der Waals surface area contributed by atoms with Crippen LogP contribution in [0.5, 0.6) is 0 Å². The Labute approximate surface area is 169 Å². The average molecular weight is 418 g/mol. The lowest BCUT2D eigenvalue weighted by molar-refractivity contribution is -0.130. The number of nitrogens with one attached hydrogen (secondary N) is 1. The fourth-order valence-electron chi connectivity index (χ4n) is 3.46. The molecule has 0 saturated carbocycles. The molecule has 1 saturated heterocycles. The predicted molar refractivity (Wildman–Crippen MR) is 111 cm³/mol. The first-order valence-electron chi connectivity index (χ1n) is 9.43. The van der Waals surface area contributed by atoms with Gasteiger partial charge in [-0.15, -0.1) is 12.4 Å². The molecule has 0 radical (unpaired) electrons. The van der Waals surface area contributed by atoms with Gasteiger partial charge in [0.05, 0.1) is 4.90 Å². The first-order chi connectivity index (χ1) is 12.4. The molecule has 6 nitrogen and oxygen atoms in total. The smallest absolute Gasteiger partial charge is 0.243 e. The molecule has 2 rings (SSSR count). The third-order valence-corrected chi connectivity index (χ3v) is 7.09. The van der Waals surface area contributed by atoms with E-state index in [0.717, 1.165) is 31.6 Å². The molecule has 1 aromatic rings. The minimum atomic E-state index is -3.42. The molecule has 1 heterocycles. The molecule has 27 heavy (non-hydrogen) atoms. The van der Waals surface area contributed by atoms with Crippen molar-refractivity contribution in [2.45, 2.75) is 38.0 Å². The third-order valence-electron chi connectivity index (χ3n) is 5.03. The van der Waals surface area contributed by atoms with E-state index >= 15 is 0 Å².